The Kier molecular flexibility index (Phi) is 4.02. The third-order valence-electron chi connectivity index (χ3n) is 2.47. The molecule has 2 N–H and O–H groups in total. The molecule has 0 radical (unpaired) electrons. The van der Waals surface area contributed by atoms with Crippen LogP contribution in [0.15, 0.2) is 28.7 Å². The number of benzene rings is 1. The van der Waals surface area contributed by atoms with E-state index in [1.807, 2.05) is 36.0 Å². The van der Waals surface area contributed by atoms with Crippen LogP contribution < -0.4 is 5.73 Å². The minimum atomic E-state index is -0.0615. The predicted molar refractivity (Wildman–Crippen MR) is 75.7 cm³/mol. The molecule has 1 heterocycles. The van der Waals surface area contributed by atoms with Crippen molar-refractivity contribution >= 4 is 34.3 Å². The van der Waals surface area contributed by atoms with E-state index >= 15 is 0 Å². The van der Waals surface area contributed by atoms with Gasteiger partial charge in [0.1, 0.15) is 11.3 Å². The number of thioether (sulfide) groups is 1. The first kappa shape index (κ1) is 12.8. The van der Waals surface area contributed by atoms with Crippen molar-refractivity contribution in [2.45, 2.75) is 25.1 Å². The van der Waals surface area contributed by atoms with Gasteiger partial charge in [0.2, 0.25) is 0 Å². The van der Waals surface area contributed by atoms with Crippen LogP contribution in [-0.2, 0) is 0 Å². The highest BCUT2D eigenvalue weighted by Gasteiger charge is 2.13. The van der Waals surface area contributed by atoms with Crippen LogP contribution >= 0.6 is 23.4 Å². The molecule has 0 aliphatic heterocycles. The summed E-state index contributed by atoms with van der Waals surface area (Å²) in [5, 5.41) is 2.31. The summed E-state index contributed by atoms with van der Waals surface area (Å²) in [7, 11) is 0. The molecule has 1 aromatic carbocycles. The van der Waals surface area contributed by atoms with Crippen molar-refractivity contribution in [3.05, 3.63) is 35.0 Å². The molecule has 2 aromatic rings. The summed E-state index contributed by atoms with van der Waals surface area (Å²) in [5.74, 6) is 1.70. The number of hydrogen-bond donors (Lipinski definition) is 1. The summed E-state index contributed by atoms with van der Waals surface area (Å²) in [5.41, 5.74) is 6.94. The van der Waals surface area contributed by atoms with Gasteiger partial charge in [-0.3, -0.25) is 0 Å². The molecule has 0 aliphatic carbocycles. The van der Waals surface area contributed by atoms with Gasteiger partial charge in [0, 0.05) is 16.2 Å². The van der Waals surface area contributed by atoms with E-state index in [0.717, 1.165) is 27.5 Å². The van der Waals surface area contributed by atoms with E-state index in [1.165, 1.54) is 0 Å². The number of rotatable bonds is 4. The van der Waals surface area contributed by atoms with E-state index in [1.54, 1.807) is 0 Å². The molecule has 2 nitrogen and oxygen atoms in total. The minimum absolute atomic E-state index is 0.0615. The second-order valence-electron chi connectivity index (χ2n) is 4.32. The highest BCUT2D eigenvalue weighted by atomic mass is 35.5. The molecule has 92 valence electrons. The molecule has 1 unspecified atom stereocenters. The van der Waals surface area contributed by atoms with Crippen LogP contribution in [0.4, 0.5) is 0 Å². The Morgan fingerprint density at radius 3 is 2.82 bits per heavy atom. The molecule has 17 heavy (non-hydrogen) atoms. The lowest BCUT2D eigenvalue weighted by Gasteiger charge is -2.09. The maximum atomic E-state index is 6.10. The number of furan rings is 1. The van der Waals surface area contributed by atoms with Crippen molar-refractivity contribution in [3.8, 4) is 0 Å². The normalized spacial score (nSPS) is 13.5. The third kappa shape index (κ3) is 3.18. The van der Waals surface area contributed by atoms with Gasteiger partial charge < -0.3 is 10.2 Å². The zero-order valence-electron chi connectivity index (χ0n) is 9.94. The lowest BCUT2D eigenvalue weighted by molar-refractivity contribution is 0.516. The second kappa shape index (κ2) is 5.34. The molecular weight excluding hydrogens is 254 g/mol. The summed E-state index contributed by atoms with van der Waals surface area (Å²) in [4.78, 5) is 0. The number of halogens is 1. The molecule has 0 spiro atoms. The van der Waals surface area contributed by atoms with Gasteiger partial charge in [-0.05, 0) is 29.5 Å². The number of hydrogen-bond acceptors (Lipinski definition) is 3. The van der Waals surface area contributed by atoms with Crippen LogP contribution in [0.3, 0.4) is 0 Å². The molecule has 0 fully saturated rings. The van der Waals surface area contributed by atoms with E-state index in [2.05, 4.69) is 13.8 Å². The standard InChI is InChI=1S/C13H16ClNOS/c1-8(2)17-7-11(15)13-6-9-5-10(14)3-4-12(9)16-13/h3-6,8,11H,7,15H2,1-2H3. The van der Waals surface area contributed by atoms with E-state index in [0.29, 0.717) is 5.25 Å². The number of nitrogens with two attached hydrogens (primary N) is 1. The Bertz CT molecular complexity index is 509. The number of fused-ring (bicyclic) bond motifs is 1. The Morgan fingerprint density at radius 2 is 2.12 bits per heavy atom. The average Bonchev–Trinajstić information content (AvgIpc) is 2.68. The molecule has 0 amide bonds. The Labute approximate surface area is 110 Å². The Hall–Kier alpha value is -0.640. The zero-order chi connectivity index (χ0) is 12.4. The minimum Gasteiger partial charge on any atom is -0.459 e. The van der Waals surface area contributed by atoms with Gasteiger partial charge in [-0.2, -0.15) is 11.8 Å². The van der Waals surface area contributed by atoms with Gasteiger partial charge in [-0.1, -0.05) is 25.4 Å². The average molecular weight is 270 g/mol. The van der Waals surface area contributed by atoms with Crippen molar-refractivity contribution in [2.24, 2.45) is 5.73 Å². The van der Waals surface area contributed by atoms with Gasteiger partial charge in [0.05, 0.1) is 6.04 Å². The Morgan fingerprint density at radius 1 is 1.35 bits per heavy atom. The predicted octanol–water partition coefficient (Wildman–Crippen LogP) is 4.23. The van der Waals surface area contributed by atoms with E-state index in [9.17, 15) is 0 Å². The second-order valence-corrected chi connectivity index (χ2v) is 6.37. The fraction of sp³-hybridized carbons (Fsp3) is 0.385. The molecular formula is C13H16ClNOS. The molecule has 4 heteroatoms. The van der Waals surface area contributed by atoms with Crippen molar-refractivity contribution in [3.63, 3.8) is 0 Å². The summed E-state index contributed by atoms with van der Waals surface area (Å²) in [6.45, 7) is 4.32. The van der Waals surface area contributed by atoms with Gasteiger partial charge in [-0.15, -0.1) is 0 Å². The van der Waals surface area contributed by atoms with Crippen LogP contribution in [0, 0.1) is 0 Å². The molecule has 0 saturated heterocycles. The smallest absolute Gasteiger partial charge is 0.134 e. The van der Waals surface area contributed by atoms with Gasteiger partial charge in [0.15, 0.2) is 0 Å². The lowest BCUT2D eigenvalue weighted by Crippen LogP contribution is -2.13. The van der Waals surface area contributed by atoms with Crippen LogP contribution in [0.2, 0.25) is 5.02 Å². The first-order chi connectivity index (χ1) is 8.06. The van der Waals surface area contributed by atoms with Gasteiger partial charge in [0.25, 0.3) is 0 Å². The Balaban J connectivity index is 2.18. The summed E-state index contributed by atoms with van der Waals surface area (Å²) in [6, 6.07) is 7.52. The molecule has 2 rings (SSSR count). The highest BCUT2D eigenvalue weighted by Crippen LogP contribution is 2.27. The van der Waals surface area contributed by atoms with Gasteiger partial charge >= 0.3 is 0 Å². The maximum Gasteiger partial charge on any atom is 0.134 e. The largest absolute Gasteiger partial charge is 0.459 e. The molecule has 1 aromatic heterocycles. The SMILES string of the molecule is CC(C)SCC(N)c1cc2cc(Cl)ccc2o1. The van der Waals surface area contributed by atoms with Crippen molar-refractivity contribution in [1.29, 1.82) is 0 Å². The fourth-order valence-electron chi connectivity index (χ4n) is 1.60. The van der Waals surface area contributed by atoms with Crippen LogP contribution in [0.25, 0.3) is 11.0 Å². The van der Waals surface area contributed by atoms with Crippen molar-refractivity contribution in [2.75, 3.05) is 5.75 Å². The van der Waals surface area contributed by atoms with Crippen molar-refractivity contribution in [1.82, 2.24) is 0 Å². The molecule has 0 aliphatic rings. The molecule has 1 atom stereocenters. The van der Waals surface area contributed by atoms with E-state index < -0.39 is 0 Å². The third-order valence-corrected chi connectivity index (χ3v) is 3.93. The molecule has 0 bridgehead atoms. The maximum absolute atomic E-state index is 6.10. The van der Waals surface area contributed by atoms with Crippen LogP contribution in [0.5, 0.6) is 0 Å². The lowest BCUT2D eigenvalue weighted by atomic mass is 10.2. The molecule has 0 saturated carbocycles. The van der Waals surface area contributed by atoms with Crippen molar-refractivity contribution < 1.29 is 4.42 Å². The summed E-state index contributed by atoms with van der Waals surface area (Å²) >= 11 is 7.77. The fourth-order valence-corrected chi connectivity index (χ4v) is 2.53. The zero-order valence-corrected chi connectivity index (χ0v) is 11.5. The summed E-state index contributed by atoms with van der Waals surface area (Å²) in [6.07, 6.45) is 0. The van der Waals surface area contributed by atoms with E-state index in [-0.39, 0.29) is 6.04 Å². The van der Waals surface area contributed by atoms with E-state index in [4.69, 9.17) is 21.8 Å². The first-order valence-corrected chi connectivity index (χ1v) is 7.05. The van der Waals surface area contributed by atoms with Gasteiger partial charge in [-0.25, -0.2) is 0 Å². The van der Waals surface area contributed by atoms with Crippen LogP contribution in [0.1, 0.15) is 25.6 Å². The summed E-state index contributed by atoms with van der Waals surface area (Å²) < 4.78 is 5.72. The topological polar surface area (TPSA) is 39.2 Å². The first-order valence-electron chi connectivity index (χ1n) is 5.62. The highest BCUT2D eigenvalue weighted by molar-refractivity contribution is 7.99. The monoisotopic (exact) mass is 269 g/mol. The quantitative estimate of drug-likeness (QED) is 0.903. The van der Waals surface area contributed by atoms with Crippen LogP contribution in [-0.4, -0.2) is 11.0 Å².